The molecule has 1 aliphatic carbocycles. The number of hydrogen-bond acceptors (Lipinski definition) is 3. The first-order valence-corrected chi connectivity index (χ1v) is 41.8. The van der Waals surface area contributed by atoms with Crippen molar-refractivity contribution in [3.8, 4) is 0 Å². The number of aliphatic hydroxyl groups is 1. The van der Waals surface area contributed by atoms with Gasteiger partial charge in [0.25, 0.3) is 0 Å². The molecule has 1 saturated carbocycles. The van der Waals surface area contributed by atoms with Crippen molar-refractivity contribution in [2.45, 2.75) is 502 Å². The van der Waals surface area contributed by atoms with E-state index in [1.165, 1.54) is 417 Å². The fourth-order valence-corrected chi connectivity index (χ4v) is 15.0. The van der Waals surface area contributed by atoms with E-state index in [2.05, 4.69) is 20.8 Å². The Balaban J connectivity index is 1.75. The Hall–Kier alpha value is -0.900. The smallest absolute Gasteiger partial charge is 0.309 e. The van der Waals surface area contributed by atoms with Crippen LogP contribution in [0.25, 0.3) is 0 Å². The van der Waals surface area contributed by atoms with Gasteiger partial charge in [0.05, 0.1) is 12.0 Å². The van der Waals surface area contributed by atoms with Gasteiger partial charge in [-0.3, -0.25) is 9.59 Å². The number of carboxylic acids is 1. The SMILES string of the molecule is CCCCCCCCCCCCCCCCCCCCCCCC[C@@H](C(=O)O)[C@H](O)CCCCCCCCCCCCCCC[C@@H]1CC1CCCCCCCCCCCCCCCCCCC(=O)C(C)CCCCCCCCCCCCCCCCCC. The maximum Gasteiger partial charge on any atom is 0.309 e. The summed E-state index contributed by atoms with van der Waals surface area (Å²) in [5.41, 5.74) is 0. The lowest BCUT2D eigenvalue weighted by molar-refractivity contribution is -0.146. The summed E-state index contributed by atoms with van der Waals surface area (Å²) in [4.78, 5) is 24.7. The zero-order chi connectivity index (χ0) is 63.4. The summed E-state index contributed by atoms with van der Waals surface area (Å²) in [5, 5.41) is 20.6. The molecule has 0 bridgehead atoms. The minimum atomic E-state index is -0.800. The van der Waals surface area contributed by atoms with Crippen molar-refractivity contribution in [2.24, 2.45) is 23.7 Å². The summed E-state index contributed by atoms with van der Waals surface area (Å²) in [7, 11) is 0. The highest BCUT2D eigenvalue weighted by atomic mass is 16.4. The summed E-state index contributed by atoms with van der Waals surface area (Å²) >= 11 is 0. The molecule has 0 aromatic rings. The number of ketones is 1. The van der Waals surface area contributed by atoms with Gasteiger partial charge in [-0.25, -0.2) is 0 Å². The van der Waals surface area contributed by atoms with E-state index in [1.807, 2.05) is 0 Å². The maximum absolute atomic E-state index is 12.7. The molecule has 4 heteroatoms. The molecule has 2 N–H and O–H groups in total. The summed E-state index contributed by atoms with van der Waals surface area (Å²) < 4.78 is 0. The predicted molar refractivity (Wildman–Crippen MR) is 391 cm³/mol. The van der Waals surface area contributed by atoms with E-state index < -0.39 is 18.0 Å². The largest absolute Gasteiger partial charge is 0.481 e. The highest BCUT2D eigenvalue weighted by Gasteiger charge is 2.35. The number of carboxylic acid groups (broad SMARTS) is 1. The van der Waals surface area contributed by atoms with Crippen LogP contribution in [0.2, 0.25) is 0 Å². The second kappa shape index (κ2) is 70.4. The lowest BCUT2D eigenvalue weighted by Gasteiger charge is -2.19. The Morgan fingerprint density at radius 3 is 0.739 bits per heavy atom. The Bertz CT molecular complexity index is 1360. The number of aliphatic hydroxyl groups excluding tert-OH is 1. The summed E-state index contributed by atoms with van der Waals surface area (Å²) in [6, 6.07) is 0. The van der Waals surface area contributed by atoms with Crippen LogP contribution in [0.1, 0.15) is 496 Å². The van der Waals surface area contributed by atoms with Crippen molar-refractivity contribution in [1.82, 2.24) is 0 Å². The molecule has 0 saturated heterocycles. The van der Waals surface area contributed by atoms with Gasteiger partial charge < -0.3 is 10.2 Å². The summed E-state index contributed by atoms with van der Waals surface area (Å²) in [5.74, 6) is 1.58. The average Bonchev–Trinajstić information content (AvgIpc) is 4.30. The third-order valence-electron chi connectivity index (χ3n) is 21.6. The minimum absolute atomic E-state index is 0.281. The lowest BCUT2D eigenvalue weighted by Crippen LogP contribution is -2.28. The van der Waals surface area contributed by atoms with E-state index >= 15 is 0 Å². The quantitative estimate of drug-likeness (QED) is 0.0595. The number of aliphatic carboxylic acids is 1. The molecule has 524 valence electrons. The van der Waals surface area contributed by atoms with Crippen molar-refractivity contribution in [1.29, 1.82) is 0 Å². The first-order chi connectivity index (χ1) is 43.4. The van der Waals surface area contributed by atoms with Gasteiger partial charge in [-0.15, -0.1) is 0 Å². The fraction of sp³-hybridized carbons (Fsp3) is 0.976. The number of carbonyl (C=O) groups excluding carboxylic acids is 1. The average molecular weight is 1240 g/mol. The van der Waals surface area contributed by atoms with E-state index in [1.54, 1.807) is 0 Å². The van der Waals surface area contributed by atoms with Gasteiger partial charge in [0.15, 0.2) is 0 Å². The van der Waals surface area contributed by atoms with E-state index in [4.69, 9.17) is 0 Å². The zero-order valence-electron chi connectivity index (χ0n) is 60.9. The van der Waals surface area contributed by atoms with E-state index in [0.29, 0.717) is 18.6 Å². The van der Waals surface area contributed by atoms with E-state index in [9.17, 15) is 19.8 Å². The number of rotatable bonds is 78. The lowest BCUT2D eigenvalue weighted by atomic mass is 9.91. The van der Waals surface area contributed by atoms with Crippen molar-refractivity contribution >= 4 is 11.8 Å². The topological polar surface area (TPSA) is 74.6 Å². The predicted octanol–water partition coefficient (Wildman–Crippen LogP) is 29.4. The first-order valence-electron chi connectivity index (χ1n) is 41.8. The number of carbonyl (C=O) groups is 2. The molecule has 0 aromatic carbocycles. The van der Waals surface area contributed by atoms with Crippen LogP contribution >= 0.6 is 0 Å². The van der Waals surface area contributed by atoms with Crippen LogP contribution in [-0.2, 0) is 9.59 Å². The van der Waals surface area contributed by atoms with Gasteiger partial charge in [0.1, 0.15) is 5.78 Å². The third kappa shape index (κ3) is 62.5. The molecule has 0 radical (unpaired) electrons. The molecule has 1 fully saturated rings. The van der Waals surface area contributed by atoms with Gasteiger partial charge in [0, 0.05) is 12.3 Å². The molecule has 0 amide bonds. The van der Waals surface area contributed by atoms with Crippen molar-refractivity contribution in [3.63, 3.8) is 0 Å². The van der Waals surface area contributed by atoms with Crippen LogP contribution in [0.15, 0.2) is 0 Å². The molecule has 0 spiro atoms. The highest BCUT2D eigenvalue weighted by molar-refractivity contribution is 5.80. The molecular formula is C84H164O4. The van der Waals surface area contributed by atoms with Crippen LogP contribution in [0.3, 0.4) is 0 Å². The van der Waals surface area contributed by atoms with Gasteiger partial charge >= 0.3 is 5.97 Å². The van der Waals surface area contributed by atoms with Crippen molar-refractivity contribution in [2.75, 3.05) is 0 Å². The summed E-state index contributed by atoms with van der Waals surface area (Å²) in [6.07, 6.45) is 99.4. The van der Waals surface area contributed by atoms with Gasteiger partial charge in [-0.2, -0.15) is 0 Å². The number of unbranched alkanes of at least 4 members (excludes halogenated alkanes) is 63. The Kier molecular flexibility index (Phi) is 68.1. The number of Topliss-reactive ketones (excluding diaryl/α,β-unsaturated/α-hetero) is 1. The van der Waals surface area contributed by atoms with E-state index in [-0.39, 0.29) is 5.92 Å². The molecular weight excluding hydrogens is 1070 g/mol. The molecule has 0 aromatic heterocycles. The normalized spacial score (nSPS) is 15.1. The molecule has 1 aliphatic rings. The maximum atomic E-state index is 12.7. The zero-order valence-corrected chi connectivity index (χ0v) is 60.9. The third-order valence-corrected chi connectivity index (χ3v) is 21.6. The summed E-state index contributed by atoms with van der Waals surface area (Å²) in [6.45, 7) is 6.79. The Morgan fingerprint density at radius 2 is 0.489 bits per heavy atom. The van der Waals surface area contributed by atoms with Crippen LogP contribution in [0.4, 0.5) is 0 Å². The molecule has 0 aliphatic heterocycles. The monoisotopic (exact) mass is 1240 g/mol. The highest BCUT2D eigenvalue weighted by Crippen LogP contribution is 2.46. The molecule has 4 nitrogen and oxygen atoms in total. The van der Waals surface area contributed by atoms with Crippen molar-refractivity contribution < 1.29 is 19.8 Å². The van der Waals surface area contributed by atoms with Crippen LogP contribution in [0, 0.1) is 23.7 Å². The first kappa shape index (κ1) is 85.1. The second-order valence-electron chi connectivity index (χ2n) is 30.3. The van der Waals surface area contributed by atoms with Gasteiger partial charge in [0.2, 0.25) is 0 Å². The van der Waals surface area contributed by atoms with E-state index in [0.717, 1.165) is 56.8 Å². The fourth-order valence-electron chi connectivity index (χ4n) is 15.0. The Morgan fingerprint density at radius 1 is 0.284 bits per heavy atom. The van der Waals surface area contributed by atoms with Crippen LogP contribution < -0.4 is 0 Å². The molecule has 88 heavy (non-hydrogen) atoms. The standard InChI is InChI=1S/C84H164O4/c1-4-6-8-10-12-14-16-18-20-22-23-24-25-26-27-32-38-44-50-56-62-68-74-81(84(87)88)83(86)76-70-64-58-52-46-40-34-37-43-49-55-61-67-73-80-77-79(80)72-66-60-54-48-42-36-31-28-29-33-39-45-51-57-63-69-75-82(85)78(3)71-65-59-53-47-41-35-30-21-19-17-15-13-11-9-7-5-2/h78-81,83,86H,4-77H2,1-3H3,(H,87,88)/t78?,79?,80-,81-,83-/m1/s1. The van der Waals surface area contributed by atoms with Gasteiger partial charge in [-0.1, -0.05) is 457 Å². The van der Waals surface area contributed by atoms with Gasteiger partial charge in [-0.05, 0) is 43.9 Å². The molecule has 0 heterocycles. The Labute approximate surface area is 554 Å². The van der Waals surface area contributed by atoms with Crippen LogP contribution in [-0.4, -0.2) is 28.1 Å². The van der Waals surface area contributed by atoms with Crippen molar-refractivity contribution in [3.05, 3.63) is 0 Å². The number of hydrogen-bond donors (Lipinski definition) is 2. The molecule has 1 rings (SSSR count). The molecule has 2 unspecified atom stereocenters. The van der Waals surface area contributed by atoms with Crippen LogP contribution in [0.5, 0.6) is 0 Å². The molecule has 5 atom stereocenters. The second-order valence-corrected chi connectivity index (χ2v) is 30.3. The minimum Gasteiger partial charge on any atom is -0.481 e.